The Morgan fingerprint density at radius 2 is 1.69 bits per heavy atom. The fraction of sp³-hybridized carbons (Fsp3) is 0.658. The molecule has 0 radical (unpaired) electrons. The highest BCUT2D eigenvalue weighted by Crippen LogP contribution is 2.68. The molecular weight excluding hydrogens is 666 g/mol. The first-order chi connectivity index (χ1) is 22.9. The van der Waals surface area contributed by atoms with Crippen molar-refractivity contribution in [1.82, 2.24) is 4.47 Å². The second kappa shape index (κ2) is 13.8. The molecule has 4 saturated carbocycles. The van der Waals surface area contributed by atoms with Gasteiger partial charge in [0.1, 0.15) is 0 Å². The first-order valence-corrected chi connectivity index (χ1v) is 19.4. The molecule has 49 heavy (non-hydrogen) atoms. The minimum atomic E-state index is -3.76. The molecule has 0 aromatic heterocycles. The Morgan fingerprint density at radius 1 is 0.980 bits per heavy atom. The molecule has 7 rings (SSSR count). The third-order valence-corrected chi connectivity index (χ3v) is 15.2. The van der Waals surface area contributed by atoms with Crippen molar-refractivity contribution < 1.29 is 38.1 Å². The number of nitrogens with zero attached hydrogens (tertiary/aromatic N) is 1. The summed E-state index contributed by atoms with van der Waals surface area (Å²) in [6, 6.07) is 14.7. The van der Waals surface area contributed by atoms with Gasteiger partial charge in [0.2, 0.25) is 0 Å². The largest absolute Gasteiger partial charge is 0.462 e. The minimum absolute atomic E-state index is 0. The van der Waals surface area contributed by atoms with Crippen molar-refractivity contribution in [2.75, 3.05) is 6.61 Å². The third kappa shape index (κ3) is 6.38. The van der Waals surface area contributed by atoms with Crippen LogP contribution in [-0.4, -0.2) is 59.1 Å². The maximum atomic E-state index is 12.8. The standard InChI is InChI=1S/C38H51NO8S.ClH/c1-23(29-15-16-30-34-31(22-33(42)38(29,30)3)37(2)18-17-27(40)20-26(37)21-32(34)41)8-7-19-46-36(43)25-13-11-24(12-14-25)35-39(47-35)48(44,45)28-9-5-4-6-10-28;/h4-6,9-14,23,26-27,29-35,40-42H,7-8,15-22H2,1-3H3;1H/t23-,26+,27-,29-,30+,31+,32-,33+,34+,35?,37+,38-,39?;/m1./s1. The van der Waals surface area contributed by atoms with Crippen LogP contribution in [0, 0.1) is 46.3 Å². The highest BCUT2D eigenvalue weighted by atomic mass is 35.5. The molecule has 5 fully saturated rings. The van der Waals surface area contributed by atoms with Crippen molar-refractivity contribution in [2.45, 2.75) is 108 Å². The van der Waals surface area contributed by atoms with E-state index in [1.165, 1.54) is 12.1 Å². The van der Waals surface area contributed by atoms with Gasteiger partial charge in [0, 0.05) is 5.56 Å². The molecular formula is C38H52ClNO8S. The summed E-state index contributed by atoms with van der Waals surface area (Å²) in [6.07, 6.45) is 5.90. The number of esters is 1. The van der Waals surface area contributed by atoms with Gasteiger partial charge >= 0.3 is 5.97 Å². The van der Waals surface area contributed by atoms with E-state index in [4.69, 9.17) is 9.57 Å². The van der Waals surface area contributed by atoms with Crippen LogP contribution in [0.2, 0.25) is 0 Å². The van der Waals surface area contributed by atoms with Crippen LogP contribution in [0.4, 0.5) is 0 Å². The maximum Gasteiger partial charge on any atom is 0.338 e. The minimum Gasteiger partial charge on any atom is -0.462 e. The molecule has 1 aliphatic heterocycles. The molecule has 11 heteroatoms. The zero-order valence-corrected chi connectivity index (χ0v) is 30.3. The number of hydrogen-bond acceptors (Lipinski definition) is 8. The van der Waals surface area contributed by atoms with Gasteiger partial charge in [-0.1, -0.05) is 51.1 Å². The number of ether oxygens (including phenoxy) is 1. The molecule has 2 aromatic carbocycles. The number of hydrogen-bond donors (Lipinski definition) is 3. The van der Waals surface area contributed by atoms with E-state index in [0.717, 1.165) is 62.3 Å². The first kappa shape index (κ1) is 36.7. The van der Waals surface area contributed by atoms with Gasteiger partial charge in [-0.25, -0.2) is 13.2 Å². The highest BCUT2D eigenvalue weighted by molar-refractivity contribution is 7.89. The highest BCUT2D eigenvalue weighted by Gasteiger charge is 2.65. The molecule has 1 heterocycles. The lowest BCUT2D eigenvalue weighted by Gasteiger charge is -2.63. The number of aliphatic hydroxyl groups excluding tert-OH is 3. The van der Waals surface area contributed by atoms with E-state index in [9.17, 15) is 28.5 Å². The Kier molecular flexibility index (Phi) is 10.4. The molecule has 0 spiro atoms. The van der Waals surface area contributed by atoms with Crippen molar-refractivity contribution >= 4 is 28.4 Å². The molecule has 2 unspecified atom stereocenters. The molecule has 4 aliphatic carbocycles. The number of hydroxylamine groups is 1. The van der Waals surface area contributed by atoms with Crippen LogP contribution in [0.25, 0.3) is 0 Å². The van der Waals surface area contributed by atoms with Gasteiger partial charge in [0.15, 0.2) is 6.23 Å². The van der Waals surface area contributed by atoms with Gasteiger partial charge in [-0.2, -0.15) is 0 Å². The summed E-state index contributed by atoms with van der Waals surface area (Å²) in [6.45, 7) is 7.19. The third-order valence-electron chi connectivity index (χ3n) is 13.6. The zero-order valence-electron chi connectivity index (χ0n) is 28.7. The van der Waals surface area contributed by atoms with E-state index in [0.29, 0.717) is 35.5 Å². The van der Waals surface area contributed by atoms with Crippen LogP contribution in [0.5, 0.6) is 0 Å². The second-order valence-corrected chi connectivity index (χ2v) is 17.7. The number of carbonyl (C=O) groups excluding carboxylic acids is 1. The van der Waals surface area contributed by atoms with E-state index in [1.807, 2.05) is 0 Å². The van der Waals surface area contributed by atoms with Gasteiger partial charge < -0.3 is 20.1 Å². The molecule has 13 atom stereocenters. The van der Waals surface area contributed by atoms with Crippen LogP contribution in [0.15, 0.2) is 59.5 Å². The topological polar surface area (TPSA) is 137 Å². The van der Waals surface area contributed by atoms with Crippen molar-refractivity contribution in [3.05, 3.63) is 65.7 Å². The van der Waals surface area contributed by atoms with E-state index < -0.39 is 28.3 Å². The Hall–Kier alpha value is -2.05. The lowest BCUT2D eigenvalue weighted by Crippen LogP contribution is -2.62. The Labute approximate surface area is 296 Å². The van der Waals surface area contributed by atoms with Gasteiger partial charge in [0.05, 0.1) is 35.4 Å². The molecule has 1 saturated heterocycles. The summed E-state index contributed by atoms with van der Waals surface area (Å²) < 4.78 is 32.1. The monoisotopic (exact) mass is 717 g/mol. The van der Waals surface area contributed by atoms with Crippen LogP contribution in [-0.2, 0) is 19.6 Å². The van der Waals surface area contributed by atoms with Crippen molar-refractivity contribution in [3.8, 4) is 0 Å². The van der Waals surface area contributed by atoms with Crippen LogP contribution in [0.3, 0.4) is 0 Å². The van der Waals surface area contributed by atoms with Crippen LogP contribution < -0.4 is 0 Å². The molecule has 0 amide bonds. The summed E-state index contributed by atoms with van der Waals surface area (Å²) >= 11 is 0. The molecule has 0 bridgehead atoms. The van der Waals surface area contributed by atoms with Crippen molar-refractivity contribution in [3.63, 3.8) is 0 Å². The van der Waals surface area contributed by atoms with Gasteiger partial charge in [-0.3, -0.25) is 4.84 Å². The Morgan fingerprint density at radius 3 is 2.41 bits per heavy atom. The number of halogens is 1. The number of carbonyl (C=O) groups is 1. The molecule has 5 aliphatic rings. The summed E-state index contributed by atoms with van der Waals surface area (Å²) in [5.74, 6) is 1.33. The molecule has 270 valence electrons. The van der Waals surface area contributed by atoms with Crippen LogP contribution in [0.1, 0.15) is 101 Å². The van der Waals surface area contributed by atoms with Crippen molar-refractivity contribution in [2.24, 2.45) is 46.3 Å². The number of rotatable bonds is 9. The lowest BCUT2D eigenvalue weighted by molar-refractivity contribution is -0.207. The van der Waals surface area contributed by atoms with Gasteiger partial charge in [0.25, 0.3) is 10.0 Å². The quantitative estimate of drug-likeness (QED) is 0.157. The smallest absolute Gasteiger partial charge is 0.338 e. The molecule has 9 nitrogen and oxygen atoms in total. The Bertz CT molecular complexity index is 1590. The molecule has 2 aromatic rings. The summed E-state index contributed by atoms with van der Waals surface area (Å²) in [5, 5.41) is 33.7. The predicted octanol–water partition coefficient (Wildman–Crippen LogP) is 6.28. The fourth-order valence-corrected chi connectivity index (χ4v) is 12.2. The first-order valence-electron chi connectivity index (χ1n) is 17.9. The van der Waals surface area contributed by atoms with Gasteiger partial charge in [-0.05, 0) is 133 Å². The Balaban J connectivity index is 0.00000417. The number of benzene rings is 2. The van der Waals surface area contributed by atoms with E-state index >= 15 is 0 Å². The zero-order chi connectivity index (χ0) is 34.0. The average Bonchev–Trinajstić information content (AvgIpc) is 3.81. The normalized spacial score (nSPS) is 40.2. The van der Waals surface area contributed by atoms with E-state index in [1.54, 1.807) is 42.5 Å². The summed E-state index contributed by atoms with van der Waals surface area (Å²) in [4.78, 5) is 18.3. The average molecular weight is 718 g/mol. The SMILES string of the molecule is C[C@H](CCCOC(=O)c1ccc(C2ON2S(=O)(=O)c2ccccc2)cc1)[C@H]1CC[C@H]2[C@@H]3[C@H](O)C[C@@H]4C[C@H](O)CC[C@]4(C)[C@H]3C[C@H](O)[C@]12C.Cl. The van der Waals surface area contributed by atoms with E-state index in [2.05, 4.69) is 20.8 Å². The second-order valence-electron chi connectivity index (χ2n) is 15.9. The summed E-state index contributed by atoms with van der Waals surface area (Å²) in [7, 11) is -3.76. The maximum absolute atomic E-state index is 12.8. The predicted molar refractivity (Wildman–Crippen MR) is 186 cm³/mol. The number of fused-ring (bicyclic) bond motifs is 5. The van der Waals surface area contributed by atoms with E-state index in [-0.39, 0.29) is 58.1 Å². The summed E-state index contributed by atoms with van der Waals surface area (Å²) in [5.41, 5.74) is 0.838. The molecule has 3 N–H and O–H groups in total. The lowest BCUT2D eigenvalue weighted by atomic mass is 9.43. The van der Waals surface area contributed by atoms with Gasteiger partial charge in [-0.15, -0.1) is 12.4 Å². The van der Waals surface area contributed by atoms with Crippen LogP contribution >= 0.6 is 12.4 Å². The number of sulfonamides is 1. The number of aliphatic hydroxyl groups is 3. The van der Waals surface area contributed by atoms with Crippen molar-refractivity contribution in [1.29, 1.82) is 0 Å². The fourth-order valence-electron chi connectivity index (χ4n) is 10.9.